The molecule has 4 aromatic rings. The van der Waals surface area contributed by atoms with Crippen molar-refractivity contribution in [3.63, 3.8) is 0 Å². The van der Waals surface area contributed by atoms with Gasteiger partial charge in [0.05, 0.1) is 39.5 Å². The summed E-state index contributed by atoms with van der Waals surface area (Å²) in [6.07, 6.45) is 1.82. The van der Waals surface area contributed by atoms with Crippen LogP contribution in [-0.2, 0) is 16.1 Å². The number of carbonyl (C=O) groups is 1. The molecule has 0 amide bonds. The molecular weight excluding hydrogens is 743 g/mol. The number of aryl methyl sites for hydroxylation is 1. The Bertz CT molecular complexity index is 1880. The number of benzene rings is 3. The van der Waals surface area contributed by atoms with Crippen molar-refractivity contribution in [2.45, 2.75) is 40.3 Å². The molecule has 10 heteroatoms. The number of aromatic nitrogens is 1. The second kappa shape index (κ2) is 13.6. The second-order valence-electron chi connectivity index (χ2n) is 9.89. The van der Waals surface area contributed by atoms with Crippen LogP contribution in [0.15, 0.2) is 86.2 Å². The fraction of sp³-hybridized carbons (Fsp3) is 0.242. The smallest absolute Gasteiger partial charge is 0.338 e. The number of esters is 1. The molecule has 1 aliphatic rings. The molecule has 7 nitrogen and oxygen atoms in total. The molecular formula is C33H30BrIN2O5S. The lowest BCUT2D eigenvalue weighted by Crippen LogP contribution is -2.39. The first-order chi connectivity index (χ1) is 20.7. The van der Waals surface area contributed by atoms with E-state index in [1.54, 1.807) is 18.4 Å². The van der Waals surface area contributed by atoms with Gasteiger partial charge in [0.25, 0.3) is 5.56 Å². The highest BCUT2D eigenvalue weighted by atomic mass is 127. The van der Waals surface area contributed by atoms with E-state index in [4.69, 9.17) is 14.2 Å². The first-order valence-electron chi connectivity index (χ1n) is 13.8. The van der Waals surface area contributed by atoms with E-state index in [0.717, 1.165) is 25.8 Å². The number of hydrogen-bond donors (Lipinski definition) is 0. The zero-order chi connectivity index (χ0) is 30.7. The van der Waals surface area contributed by atoms with Gasteiger partial charge in [-0.3, -0.25) is 9.36 Å². The van der Waals surface area contributed by atoms with Gasteiger partial charge in [0.15, 0.2) is 16.3 Å². The van der Waals surface area contributed by atoms with Crippen LogP contribution in [-0.4, -0.2) is 23.8 Å². The van der Waals surface area contributed by atoms with Gasteiger partial charge in [0.2, 0.25) is 0 Å². The number of allylic oxidation sites excluding steroid dienone is 1. The number of hydrogen-bond acceptors (Lipinski definition) is 7. The highest BCUT2D eigenvalue weighted by molar-refractivity contribution is 14.1. The van der Waals surface area contributed by atoms with Crippen LogP contribution < -0.4 is 24.4 Å². The third-order valence-corrected chi connectivity index (χ3v) is 9.13. The third kappa shape index (κ3) is 6.81. The fourth-order valence-electron chi connectivity index (χ4n) is 4.82. The van der Waals surface area contributed by atoms with Gasteiger partial charge in [0.1, 0.15) is 6.61 Å². The predicted molar refractivity (Wildman–Crippen MR) is 180 cm³/mol. The van der Waals surface area contributed by atoms with Crippen LogP contribution in [0, 0.1) is 10.5 Å². The summed E-state index contributed by atoms with van der Waals surface area (Å²) in [5.74, 6) is 0.683. The maximum atomic E-state index is 14.0. The Balaban J connectivity index is 1.58. The molecule has 43 heavy (non-hydrogen) atoms. The average molecular weight is 773 g/mol. The molecule has 0 radical (unpaired) electrons. The molecule has 1 atom stereocenters. The van der Waals surface area contributed by atoms with E-state index in [1.165, 1.54) is 11.3 Å². The molecule has 0 aliphatic carbocycles. The topological polar surface area (TPSA) is 79.1 Å². The van der Waals surface area contributed by atoms with Crippen LogP contribution >= 0.6 is 49.9 Å². The summed E-state index contributed by atoms with van der Waals surface area (Å²) in [4.78, 5) is 32.3. The molecule has 3 aromatic carbocycles. The molecule has 0 saturated carbocycles. The number of halogens is 2. The Morgan fingerprint density at radius 1 is 1.05 bits per heavy atom. The Morgan fingerprint density at radius 3 is 2.44 bits per heavy atom. The van der Waals surface area contributed by atoms with Gasteiger partial charge in [0, 0.05) is 3.57 Å². The van der Waals surface area contributed by atoms with Crippen molar-refractivity contribution in [2.75, 3.05) is 13.2 Å². The Hall–Kier alpha value is -3.22. The molecule has 0 saturated heterocycles. The van der Waals surface area contributed by atoms with Crippen molar-refractivity contribution >= 4 is 61.9 Å². The number of thiazole rings is 1. The number of nitrogens with zero attached hydrogens (tertiary/aromatic N) is 2. The quantitative estimate of drug-likeness (QED) is 0.144. The number of ether oxygens (including phenoxy) is 3. The summed E-state index contributed by atoms with van der Waals surface area (Å²) >= 11 is 7.21. The Morgan fingerprint density at radius 2 is 1.77 bits per heavy atom. The minimum absolute atomic E-state index is 0.224. The monoisotopic (exact) mass is 772 g/mol. The van der Waals surface area contributed by atoms with Gasteiger partial charge < -0.3 is 14.2 Å². The minimum atomic E-state index is -0.652. The summed E-state index contributed by atoms with van der Waals surface area (Å²) < 4.78 is 21.4. The lowest BCUT2D eigenvalue weighted by Gasteiger charge is -2.24. The maximum absolute atomic E-state index is 14.0. The lowest BCUT2D eigenvalue weighted by molar-refractivity contribution is -0.139. The van der Waals surface area contributed by atoms with Crippen molar-refractivity contribution in [1.82, 2.24) is 4.57 Å². The number of rotatable bonds is 9. The van der Waals surface area contributed by atoms with E-state index in [2.05, 4.69) is 43.5 Å². The molecule has 1 aliphatic heterocycles. The van der Waals surface area contributed by atoms with Crippen molar-refractivity contribution in [1.29, 1.82) is 0 Å². The molecule has 0 spiro atoms. The summed E-state index contributed by atoms with van der Waals surface area (Å²) in [5.41, 5.74) is 4.35. The van der Waals surface area contributed by atoms with Crippen molar-refractivity contribution in [3.8, 4) is 11.5 Å². The molecule has 0 fully saturated rings. The zero-order valence-corrected chi connectivity index (χ0v) is 28.7. The summed E-state index contributed by atoms with van der Waals surface area (Å²) in [6, 6.07) is 19.1. The van der Waals surface area contributed by atoms with E-state index in [1.807, 2.05) is 80.6 Å². The van der Waals surface area contributed by atoms with Crippen LogP contribution in [0.3, 0.4) is 0 Å². The third-order valence-electron chi connectivity index (χ3n) is 6.84. The van der Waals surface area contributed by atoms with E-state index in [9.17, 15) is 9.59 Å². The summed E-state index contributed by atoms with van der Waals surface area (Å²) in [7, 11) is 0. The van der Waals surface area contributed by atoms with Gasteiger partial charge in [-0.1, -0.05) is 53.3 Å². The molecule has 1 aromatic heterocycles. The second-order valence-corrected chi connectivity index (χ2v) is 13.0. The minimum Gasteiger partial charge on any atom is -0.490 e. The number of fused-ring (bicyclic) bond motifs is 1. The van der Waals surface area contributed by atoms with Gasteiger partial charge in [-0.05, 0) is 113 Å². The van der Waals surface area contributed by atoms with Crippen LogP contribution in [0.25, 0.3) is 6.08 Å². The normalized spacial score (nSPS) is 14.7. The lowest BCUT2D eigenvalue weighted by atomic mass is 9.95. The van der Waals surface area contributed by atoms with Crippen LogP contribution in [0.2, 0.25) is 0 Å². The van der Waals surface area contributed by atoms with Gasteiger partial charge >= 0.3 is 5.97 Å². The standard InChI is InChI=1S/C33H30BrIN2O5S/c1-5-40-26-16-22(15-25(34)30(26)42-18-21-9-13-24(35)14-10-21)17-27-31(38)37-29(23-11-7-19(3)8-12-23)28(32(39)41-6-2)20(4)36-33(37)43-27/h7-17,29H,5-6,18H2,1-4H3/b27-17+/t29-/m1/s1. The molecule has 2 heterocycles. The fourth-order valence-corrected chi connectivity index (χ4v) is 6.80. The van der Waals surface area contributed by atoms with Crippen molar-refractivity contribution in [3.05, 3.63) is 122 Å². The van der Waals surface area contributed by atoms with Gasteiger partial charge in [-0.2, -0.15) is 0 Å². The van der Waals surface area contributed by atoms with Gasteiger partial charge in [-0.25, -0.2) is 9.79 Å². The van der Waals surface area contributed by atoms with Crippen LogP contribution in [0.1, 0.15) is 49.1 Å². The van der Waals surface area contributed by atoms with E-state index < -0.39 is 12.0 Å². The van der Waals surface area contributed by atoms with Crippen molar-refractivity contribution in [2.24, 2.45) is 4.99 Å². The van der Waals surface area contributed by atoms with Crippen LogP contribution in [0.4, 0.5) is 0 Å². The molecule has 222 valence electrons. The Labute approximate surface area is 275 Å². The summed E-state index contributed by atoms with van der Waals surface area (Å²) in [6.45, 7) is 8.51. The summed E-state index contributed by atoms with van der Waals surface area (Å²) in [5, 5.41) is 0. The van der Waals surface area contributed by atoms with Gasteiger partial charge in [-0.15, -0.1) is 0 Å². The average Bonchev–Trinajstić information content (AvgIpc) is 3.27. The zero-order valence-electron chi connectivity index (χ0n) is 24.1. The van der Waals surface area contributed by atoms with Crippen molar-refractivity contribution < 1.29 is 19.0 Å². The predicted octanol–water partition coefficient (Wildman–Crippen LogP) is 6.45. The number of carbonyl (C=O) groups excluding carboxylic acids is 1. The first kappa shape index (κ1) is 31.2. The first-order valence-corrected chi connectivity index (χ1v) is 16.5. The van der Waals surface area contributed by atoms with Crippen LogP contribution in [0.5, 0.6) is 11.5 Å². The molecule has 0 unspecified atom stereocenters. The Kier molecular flexibility index (Phi) is 9.88. The van der Waals surface area contributed by atoms with E-state index in [0.29, 0.717) is 49.8 Å². The largest absolute Gasteiger partial charge is 0.490 e. The maximum Gasteiger partial charge on any atom is 0.338 e. The highest BCUT2D eigenvalue weighted by Gasteiger charge is 2.33. The van der Waals surface area contributed by atoms with E-state index >= 15 is 0 Å². The van der Waals surface area contributed by atoms with E-state index in [-0.39, 0.29) is 12.2 Å². The highest BCUT2D eigenvalue weighted by Crippen LogP contribution is 2.38. The molecule has 5 rings (SSSR count). The SMILES string of the molecule is CCOC(=O)C1=C(C)N=c2s/c(=C/c3cc(Br)c(OCc4ccc(I)cc4)c(OCC)c3)c(=O)n2[C@@H]1c1ccc(C)cc1. The molecule has 0 bridgehead atoms. The molecule has 0 N–H and O–H groups in total.